The maximum absolute atomic E-state index is 12.2. The highest BCUT2D eigenvalue weighted by molar-refractivity contribution is 7.14. The Bertz CT molecular complexity index is 590. The van der Waals surface area contributed by atoms with E-state index in [0.29, 0.717) is 16.6 Å². The minimum Gasteiger partial charge on any atom is -0.385 e. The van der Waals surface area contributed by atoms with Gasteiger partial charge in [0.05, 0.1) is 5.69 Å². The summed E-state index contributed by atoms with van der Waals surface area (Å²) in [5.74, 6) is 0.248. The Kier molecular flexibility index (Phi) is 5.33. The Labute approximate surface area is 129 Å². The number of hydrogen-bond donors (Lipinski definition) is 2. The van der Waals surface area contributed by atoms with Crippen LogP contribution >= 0.6 is 11.3 Å². The molecule has 0 saturated heterocycles. The molecule has 1 aromatic heterocycles. The summed E-state index contributed by atoms with van der Waals surface area (Å²) in [6.07, 6.45) is 1.07. The van der Waals surface area contributed by atoms with E-state index in [0.717, 1.165) is 24.3 Å². The molecular weight excluding hydrogens is 282 g/mol. The van der Waals surface area contributed by atoms with E-state index >= 15 is 0 Å². The van der Waals surface area contributed by atoms with Gasteiger partial charge in [-0.05, 0) is 36.6 Å². The lowest BCUT2D eigenvalue weighted by Gasteiger charge is -2.06. The lowest BCUT2D eigenvalue weighted by molar-refractivity contribution is 0.102. The number of nitrogens with zero attached hydrogens (tertiary/aromatic N) is 1. The molecule has 112 valence electrons. The maximum Gasteiger partial charge on any atom is 0.257 e. The van der Waals surface area contributed by atoms with E-state index in [1.165, 1.54) is 11.3 Å². The second-order valence-corrected chi connectivity index (χ2v) is 6.05. The van der Waals surface area contributed by atoms with Gasteiger partial charge in [-0.15, -0.1) is 11.3 Å². The van der Waals surface area contributed by atoms with Gasteiger partial charge >= 0.3 is 0 Å². The molecule has 4 nitrogen and oxygen atoms in total. The smallest absolute Gasteiger partial charge is 0.257 e. The van der Waals surface area contributed by atoms with Crippen molar-refractivity contribution in [3.8, 4) is 0 Å². The minimum atomic E-state index is -0.123. The molecule has 2 rings (SSSR count). The number of hydrogen-bond acceptors (Lipinski definition) is 4. The lowest BCUT2D eigenvalue weighted by atomic mass is 10.2. The molecule has 1 aromatic carbocycles. The van der Waals surface area contributed by atoms with Gasteiger partial charge in [-0.1, -0.05) is 20.8 Å². The SMILES string of the molecule is CCCNc1ccc(C(=O)Nc2nc(C(C)C)cs2)cc1. The second-order valence-electron chi connectivity index (χ2n) is 5.19. The third kappa shape index (κ3) is 4.29. The zero-order valence-electron chi connectivity index (χ0n) is 12.6. The zero-order chi connectivity index (χ0) is 15.2. The van der Waals surface area contributed by atoms with Crippen LogP contribution < -0.4 is 10.6 Å². The van der Waals surface area contributed by atoms with Crippen molar-refractivity contribution in [2.45, 2.75) is 33.1 Å². The highest BCUT2D eigenvalue weighted by Gasteiger charge is 2.10. The monoisotopic (exact) mass is 303 g/mol. The molecule has 0 saturated carbocycles. The summed E-state index contributed by atoms with van der Waals surface area (Å²) < 4.78 is 0. The van der Waals surface area contributed by atoms with Crippen LogP contribution in [-0.2, 0) is 0 Å². The first-order valence-corrected chi connectivity index (χ1v) is 8.08. The summed E-state index contributed by atoms with van der Waals surface area (Å²) >= 11 is 1.46. The number of thiazole rings is 1. The summed E-state index contributed by atoms with van der Waals surface area (Å²) in [6, 6.07) is 7.49. The first-order chi connectivity index (χ1) is 10.1. The van der Waals surface area contributed by atoms with Crippen LogP contribution in [0, 0.1) is 0 Å². The van der Waals surface area contributed by atoms with Gasteiger partial charge in [0.1, 0.15) is 0 Å². The van der Waals surface area contributed by atoms with Crippen molar-refractivity contribution in [1.82, 2.24) is 4.98 Å². The zero-order valence-corrected chi connectivity index (χ0v) is 13.5. The highest BCUT2D eigenvalue weighted by atomic mass is 32.1. The van der Waals surface area contributed by atoms with E-state index in [4.69, 9.17) is 0 Å². The molecule has 0 spiro atoms. The van der Waals surface area contributed by atoms with Crippen LogP contribution in [0.15, 0.2) is 29.6 Å². The Morgan fingerprint density at radius 3 is 2.57 bits per heavy atom. The van der Waals surface area contributed by atoms with Gasteiger partial charge in [0.2, 0.25) is 0 Å². The maximum atomic E-state index is 12.2. The number of amides is 1. The molecule has 0 fully saturated rings. The molecule has 1 amide bonds. The lowest BCUT2D eigenvalue weighted by Crippen LogP contribution is -2.12. The van der Waals surface area contributed by atoms with E-state index in [1.54, 1.807) is 0 Å². The fourth-order valence-electron chi connectivity index (χ4n) is 1.79. The number of carbonyl (C=O) groups excluding carboxylic acids is 1. The number of rotatable bonds is 6. The number of carbonyl (C=O) groups is 1. The molecule has 5 heteroatoms. The summed E-state index contributed by atoms with van der Waals surface area (Å²) in [5, 5.41) is 8.76. The van der Waals surface area contributed by atoms with Gasteiger partial charge in [0.25, 0.3) is 5.91 Å². The molecular formula is C16H21N3OS. The Hall–Kier alpha value is -1.88. The highest BCUT2D eigenvalue weighted by Crippen LogP contribution is 2.22. The van der Waals surface area contributed by atoms with E-state index in [-0.39, 0.29) is 5.91 Å². The van der Waals surface area contributed by atoms with Crippen LogP contribution in [-0.4, -0.2) is 17.4 Å². The normalized spacial score (nSPS) is 10.7. The Morgan fingerprint density at radius 1 is 1.29 bits per heavy atom. The van der Waals surface area contributed by atoms with Crippen molar-refractivity contribution in [2.75, 3.05) is 17.2 Å². The molecule has 0 aliphatic carbocycles. The molecule has 2 aromatic rings. The van der Waals surface area contributed by atoms with E-state index in [1.807, 2.05) is 29.6 Å². The Balaban J connectivity index is 1.99. The number of benzene rings is 1. The van der Waals surface area contributed by atoms with E-state index in [2.05, 4.69) is 36.4 Å². The number of nitrogens with one attached hydrogen (secondary N) is 2. The topological polar surface area (TPSA) is 54.0 Å². The summed E-state index contributed by atoms with van der Waals surface area (Å²) in [5.41, 5.74) is 2.68. The van der Waals surface area contributed by atoms with Crippen LogP contribution in [0.1, 0.15) is 49.2 Å². The van der Waals surface area contributed by atoms with Crippen LogP contribution in [0.5, 0.6) is 0 Å². The van der Waals surface area contributed by atoms with E-state index in [9.17, 15) is 4.79 Å². The average molecular weight is 303 g/mol. The predicted octanol–water partition coefficient (Wildman–Crippen LogP) is 4.34. The van der Waals surface area contributed by atoms with Crippen molar-refractivity contribution < 1.29 is 4.79 Å². The van der Waals surface area contributed by atoms with Crippen molar-refractivity contribution in [3.05, 3.63) is 40.9 Å². The molecule has 0 aliphatic rings. The van der Waals surface area contributed by atoms with Crippen LogP contribution in [0.2, 0.25) is 0 Å². The van der Waals surface area contributed by atoms with Crippen LogP contribution in [0.25, 0.3) is 0 Å². The molecule has 0 radical (unpaired) electrons. The van der Waals surface area contributed by atoms with E-state index < -0.39 is 0 Å². The molecule has 0 aliphatic heterocycles. The summed E-state index contributed by atoms with van der Waals surface area (Å²) in [7, 11) is 0. The van der Waals surface area contributed by atoms with Gasteiger partial charge < -0.3 is 5.32 Å². The van der Waals surface area contributed by atoms with Gasteiger partial charge in [-0.2, -0.15) is 0 Å². The first-order valence-electron chi connectivity index (χ1n) is 7.21. The fourth-order valence-corrected chi connectivity index (χ4v) is 2.65. The standard InChI is InChI=1S/C16H21N3OS/c1-4-9-17-13-7-5-12(6-8-13)15(20)19-16-18-14(10-21-16)11(2)3/h5-8,10-11,17H,4,9H2,1-3H3,(H,18,19,20). The van der Waals surface area contributed by atoms with Crippen molar-refractivity contribution in [3.63, 3.8) is 0 Å². The summed E-state index contributed by atoms with van der Waals surface area (Å²) in [4.78, 5) is 16.6. The van der Waals surface area contributed by atoms with Gasteiger partial charge in [0.15, 0.2) is 5.13 Å². The third-order valence-electron chi connectivity index (χ3n) is 3.06. The number of anilines is 2. The van der Waals surface area contributed by atoms with Gasteiger partial charge in [-0.3, -0.25) is 10.1 Å². The van der Waals surface area contributed by atoms with Gasteiger partial charge in [-0.25, -0.2) is 4.98 Å². The minimum absolute atomic E-state index is 0.123. The molecule has 0 bridgehead atoms. The van der Waals surface area contributed by atoms with Crippen LogP contribution in [0.3, 0.4) is 0 Å². The van der Waals surface area contributed by atoms with Gasteiger partial charge in [0, 0.05) is 23.2 Å². The molecule has 21 heavy (non-hydrogen) atoms. The molecule has 0 atom stereocenters. The molecule has 0 unspecified atom stereocenters. The first kappa shape index (κ1) is 15.5. The van der Waals surface area contributed by atoms with Crippen molar-refractivity contribution in [1.29, 1.82) is 0 Å². The Morgan fingerprint density at radius 2 is 2.00 bits per heavy atom. The second kappa shape index (κ2) is 7.22. The quantitative estimate of drug-likeness (QED) is 0.834. The van der Waals surface area contributed by atoms with Crippen LogP contribution in [0.4, 0.5) is 10.8 Å². The van der Waals surface area contributed by atoms with Crippen molar-refractivity contribution >= 4 is 28.1 Å². The number of aromatic nitrogens is 1. The molecule has 2 N–H and O–H groups in total. The predicted molar refractivity (Wildman–Crippen MR) is 89.4 cm³/mol. The fraction of sp³-hybridized carbons (Fsp3) is 0.375. The molecule has 1 heterocycles. The van der Waals surface area contributed by atoms with Crippen molar-refractivity contribution in [2.24, 2.45) is 0 Å². The largest absolute Gasteiger partial charge is 0.385 e. The average Bonchev–Trinajstić information content (AvgIpc) is 2.94. The third-order valence-corrected chi connectivity index (χ3v) is 3.84. The summed E-state index contributed by atoms with van der Waals surface area (Å²) in [6.45, 7) is 7.22.